The van der Waals surface area contributed by atoms with Gasteiger partial charge in [0.15, 0.2) is 11.5 Å². The Hall–Kier alpha value is -1.02. The first-order chi connectivity index (χ1) is 10.00. The maximum atomic E-state index is 12.7. The summed E-state index contributed by atoms with van der Waals surface area (Å²) in [6.07, 6.45) is 0.790. The molecule has 0 spiro atoms. The smallest absolute Gasteiger partial charge is 0.244 e. The van der Waals surface area contributed by atoms with Gasteiger partial charge in [0.1, 0.15) is 18.1 Å². The van der Waals surface area contributed by atoms with Gasteiger partial charge < -0.3 is 14.8 Å². The highest BCUT2D eigenvalue weighted by Crippen LogP contribution is 2.38. The number of benzene rings is 1. The van der Waals surface area contributed by atoms with Crippen LogP contribution in [0.3, 0.4) is 0 Å². The lowest BCUT2D eigenvalue weighted by atomic mass is 10.3. The van der Waals surface area contributed by atoms with E-state index in [-0.39, 0.29) is 16.0 Å². The van der Waals surface area contributed by atoms with E-state index >= 15 is 0 Å². The maximum Gasteiger partial charge on any atom is 0.244 e. The van der Waals surface area contributed by atoms with Gasteiger partial charge in [-0.3, -0.25) is 0 Å². The van der Waals surface area contributed by atoms with Crippen molar-refractivity contribution in [3.05, 3.63) is 17.2 Å². The average molecular weight is 333 g/mol. The summed E-state index contributed by atoms with van der Waals surface area (Å²) < 4.78 is 37.7. The zero-order valence-electron chi connectivity index (χ0n) is 11.6. The van der Waals surface area contributed by atoms with E-state index in [1.165, 1.54) is 16.4 Å². The topological polar surface area (TPSA) is 67.9 Å². The largest absolute Gasteiger partial charge is 0.486 e. The molecule has 1 fully saturated rings. The predicted octanol–water partition coefficient (Wildman–Crippen LogP) is 1.09. The Labute approximate surface area is 129 Å². The maximum absolute atomic E-state index is 12.7. The molecule has 2 aliphatic heterocycles. The molecule has 2 aliphatic rings. The van der Waals surface area contributed by atoms with Crippen LogP contribution >= 0.6 is 11.6 Å². The van der Waals surface area contributed by atoms with E-state index in [4.69, 9.17) is 21.1 Å². The second-order valence-corrected chi connectivity index (χ2v) is 7.47. The van der Waals surface area contributed by atoms with E-state index in [1.54, 1.807) is 7.05 Å². The van der Waals surface area contributed by atoms with Crippen molar-refractivity contribution in [3.63, 3.8) is 0 Å². The van der Waals surface area contributed by atoms with Crippen LogP contribution in [0.5, 0.6) is 11.5 Å². The van der Waals surface area contributed by atoms with Gasteiger partial charge in [0, 0.05) is 31.8 Å². The number of hydrogen-bond acceptors (Lipinski definition) is 5. The molecule has 0 radical (unpaired) electrons. The van der Waals surface area contributed by atoms with Crippen LogP contribution in [-0.4, -0.2) is 52.1 Å². The molecule has 1 saturated heterocycles. The molecule has 0 amide bonds. The lowest BCUT2D eigenvalue weighted by Gasteiger charge is -2.25. The third kappa shape index (κ3) is 2.70. The Morgan fingerprint density at radius 3 is 2.57 bits per heavy atom. The molecule has 8 heteroatoms. The standard InChI is InChI=1S/C13H17ClN2O4S/c1-16(9-2-3-15-8-9)21(17,18)13-7-12-11(6-10(13)14)19-4-5-20-12/h6-7,9,15H,2-5,8H2,1H3. The SMILES string of the molecule is CN(C1CCNC1)S(=O)(=O)c1cc2c(cc1Cl)OCCO2. The number of fused-ring (bicyclic) bond motifs is 1. The van der Waals surface area contributed by atoms with Crippen molar-refractivity contribution in [2.75, 3.05) is 33.4 Å². The molecule has 3 rings (SSSR count). The number of hydrogen-bond donors (Lipinski definition) is 1. The molecule has 1 aromatic carbocycles. The Balaban J connectivity index is 1.98. The predicted molar refractivity (Wildman–Crippen MR) is 78.7 cm³/mol. The fraction of sp³-hybridized carbons (Fsp3) is 0.538. The Kier molecular flexibility index (Phi) is 4.00. The van der Waals surface area contributed by atoms with E-state index in [1.807, 2.05) is 0 Å². The molecule has 0 aromatic heterocycles. The van der Waals surface area contributed by atoms with Gasteiger partial charge in [-0.1, -0.05) is 11.6 Å². The summed E-state index contributed by atoms with van der Waals surface area (Å²) in [6, 6.07) is 2.90. The lowest BCUT2D eigenvalue weighted by molar-refractivity contribution is 0.171. The summed E-state index contributed by atoms with van der Waals surface area (Å²) in [5.74, 6) is 0.901. The van der Waals surface area contributed by atoms with Crippen molar-refractivity contribution < 1.29 is 17.9 Å². The average Bonchev–Trinajstić information content (AvgIpc) is 2.99. The first-order valence-electron chi connectivity index (χ1n) is 6.78. The molecule has 0 saturated carbocycles. The van der Waals surface area contributed by atoms with E-state index < -0.39 is 10.0 Å². The summed E-state index contributed by atoms with van der Waals surface area (Å²) in [7, 11) is -2.08. The van der Waals surface area contributed by atoms with Gasteiger partial charge in [0.05, 0.1) is 5.02 Å². The van der Waals surface area contributed by atoms with Crippen LogP contribution in [-0.2, 0) is 10.0 Å². The Morgan fingerprint density at radius 2 is 1.95 bits per heavy atom. The first kappa shape index (κ1) is 14.9. The lowest BCUT2D eigenvalue weighted by Crippen LogP contribution is -2.38. The van der Waals surface area contributed by atoms with Crippen molar-refractivity contribution in [3.8, 4) is 11.5 Å². The molecule has 21 heavy (non-hydrogen) atoms. The number of nitrogens with zero attached hydrogens (tertiary/aromatic N) is 1. The summed E-state index contributed by atoms with van der Waals surface area (Å²) in [5, 5.41) is 3.31. The van der Waals surface area contributed by atoms with Gasteiger partial charge >= 0.3 is 0 Å². The first-order valence-corrected chi connectivity index (χ1v) is 8.60. The molecule has 2 heterocycles. The third-order valence-electron chi connectivity index (χ3n) is 3.80. The van der Waals surface area contributed by atoms with Crippen LogP contribution < -0.4 is 14.8 Å². The molecule has 0 bridgehead atoms. The Morgan fingerprint density at radius 1 is 1.29 bits per heavy atom. The quantitative estimate of drug-likeness (QED) is 0.897. The van der Waals surface area contributed by atoms with Crippen LogP contribution in [0.2, 0.25) is 5.02 Å². The highest BCUT2D eigenvalue weighted by Gasteiger charge is 2.32. The molecule has 116 valence electrons. The van der Waals surface area contributed by atoms with Gasteiger partial charge in [-0.2, -0.15) is 4.31 Å². The van der Waals surface area contributed by atoms with Crippen molar-refractivity contribution in [2.45, 2.75) is 17.4 Å². The summed E-state index contributed by atoms with van der Waals surface area (Å²) >= 11 is 6.14. The van der Waals surface area contributed by atoms with E-state index in [0.717, 1.165) is 13.0 Å². The number of rotatable bonds is 3. The monoisotopic (exact) mass is 332 g/mol. The van der Waals surface area contributed by atoms with Gasteiger partial charge in [-0.15, -0.1) is 0 Å². The molecule has 1 aromatic rings. The number of likely N-dealkylation sites (N-methyl/N-ethyl adjacent to an activating group) is 1. The molecule has 6 nitrogen and oxygen atoms in total. The van der Waals surface area contributed by atoms with E-state index in [0.29, 0.717) is 31.3 Å². The third-order valence-corrected chi connectivity index (χ3v) is 6.18. The minimum atomic E-state index is -3.66. The number of nitrogens with one attached hydrogen (secondary N) is 1. The fourth-order valence-corrected chi connectivity index (χ4v) is 4.43. The zero-order chi connectivity index (χ0) is 15.0. The molecule has 1 N–H and O–H groups in total. The van der Waals surface area contributed by atoms with E-state index in [9.17, 15) is 8.42 Å². The number of ether oxygens (including phenoxy) is 2. The van der Waals surface area contributed by atoms with E-state index in [2.05, 4.69) is 5.32 Å². The van der Waals surface area contributed by atoms with Crippen LogP contribution in [0.15, 0.2) is 17.0 Å². The van der Waals surface area contributed by atoms with Gasteiger partial charge in [-0.25, -0.2) is 8.42 Å². The summed E-state index contributed by atoms with van der Waals surface area (Å²) in [5.41, 5.74) is 0. The molecular weight excluding hydrogens is 316 g/mol. The minimum absolute atomic E-state index is 0.0562. The molecule has 1 unspecified atom stereocenters. The normalized spacial score (nSPS) is 21.8. The summed E-state index contributed by atoms with van der Waals surface area (Å²) in [6.45, 7) is 2.30. The van der Waals surface area contributed by atoms with Crippen molar-refractivity contribution >= 4 is 21.6 Å². The molecule has 0 aliphatic carbocycles. The summed E-state index contributed by atoms with van der Waals surface area (Å²) in [4.78, 5) is 0.0582. The number of sulfonamides is 1. The second kappa shape index (κ2) is 5.64. The van der Waals surface area contributed by atoms with Crippen LogP contribution in [0.4, 0.5) is 0 Å². The minimum Gasteiger partial charge on any atom is -0.486 e. The zero-order valence-corrected chi connectivity index (χ0v) is 13.2. The fourth-order valence-electron chi connectivity index (χ4n) is 2.54. The van der Waals surface area contributed by atoms with Gasteiger partial charge in [0.2, 0.25) is 10.0 Å². The van der Waals surface area contributed by atoms with Crippen LogP contribution in [0.1, 0.15) is 6.42 Å². The molecule has 1 atom stereocenters. The molecular formula is C13H17ClN2O4S. The number of halogens is 1. The van der Waals surface area contributed by atoms with Crippen LogP contribution in [0.25, 0.3) is 0 Å². The van der Waals surface area contributed by atoms with Gasteiger partial charge in [0.25, 0.3) is 0 Å². The van der Waals surface area contributed by atoms with Gasteiger partial charge in [-0.05, 0) is 13.0 Å². The highest BCUT2D eigenvalue weighted by molar-refractivity contribution is 7.89. The Bertz CT molecular complexity index is 644. The highest BCUT2D eigenvalue weighted by atomic mass is 35.5. The van der Waals surface area contributed by atoms with Crippen molar-refractivity contribution in [1.82, 2.24) is 9.62 Å². The van der Waals surface area contributed by atoms with Crippen molar-refractivity contribution in [1.29, 1.82) is 0 Å². The van der Waals surface area contributed by atoms with Crippen molar-refractivity contribution in [2.24, 2.45) is 0 Å². The second-order valence-electron chi connectivity index (χ2n) is 5.09. The van der Waals surface area contributed by atoms with Crippen LogP contribution in [0, 0.1) is 0 Å².